The third kappa shape index (κ3) is 2.80. The summed E-state index contributed by atoms with van der Waals surface area (Å²) in [6.45, 7) is 4.35. The third-order valence-electron chi connectivity index (χ3n) is 2.93. The zero-order valence-electron chi connectivity index (χ0n) is 10.5. The van der Waals surface area contributed by atoms with Crippen LogP contribution in [0.15, 0.2) is 36.4 Å². The first-order chi connectivity index (χ1) is 8.56. The van der Waals surface area contributed by atoms with Crippen molar-refractivity contribution >= 4 is 5.69 Å². The van der Waals surface area contributed by atoms with Crippen molar-refractivity contribution < 1.29 is 9.13 Å². The Hall–Kier alpha value is -2.03. The van der Waals surface area contributed by atoms with Crippen LogP contribution in [0.4, 0.5) is 10.1 Å². The maximum absolute atomic E-state index is 13.2. The molecule has 18 heavy (non-hydrogen) atoms. The molecule has 2 aromatic carbocycles. The molecule has 0 aromatic heterocycles. The van der Waals surface area contributed by atoms with Gasteiger partial charge >= 0.3 is 0 Å². The average Bonchev–Trinajstić information content (AvgIpc) is 2.30. The van der Waals surface area contributed by atoms with Crippen LogP contribution in [-0.2, 0) is 6.61 Å². The Bertz CT molecular complexity index is 546. The van der Waals surface area contributed by atoms with Crippen LogP contribution in [0.25, 0.3) is 0 Å². The topological polar surface area (TPSA) is 35.2 Å². The molecule has 0 saturated carbocycles. The van der Waals surface area contributed by atoms with Crippen LogP contribution in [0, 0.1) is 19.7 Å². The monoisotopic (exact) mass is 245 g/mol. The van der Waals surface area contributed by atoms with Crippen LogP contribution >= 0.6 is 0 Å². The number of nitrogens with two attached hydrogens (primary N) is 1. The number of hydrogen-bond acceptors (Lipinski definition) is 2. The van der Waals surface area contributed by atoms with E-state index in [0.29, 0.717) is 12.3 Å². The normalized spacial score (nSPS) is 10.4. The molecule has 0 unspecified atom stereocenters. The molecule has 0 amide bonds. The Morgan fingerprint density at radius 1 is 1.17 bits per heavy atom. The summed E-state index contributed by atoms with van der Waals surface area (Å²) in [5.41, 5.74) is 9.00. The Kier molecular flexibility index (Phi) is 3.51. The van der Waals surface area contributed by atoms with E-state index < -0.39 is 0 Å². The minimum atomic E-state index is -0.338. The van der Waals surface area contributed by atoms with E-state index in [2.05, 4.69) is 0 Å². The maximum atomic E-state index is 13.2. The molecule has 2 aromatic rings. The molecule has 0 heterocycles. The Morgan fingerprint density at radius 2 is 1.94 bits per heavy atom. The van der Waals surface area contributed by atoms with Gasteiger partial charge in [-0.2, -0.15) is 0 Å². The molecule has 3 heteroatoms. The lowest BCUT2D eigenvalue weighted by atomic mass is 10.1. The van der Waals surface area contributed by atoms with E-state index in [4.69, 9.17) is 10.5 Å². The summed E-state index contributed by atoms with van der Waals surface area (Å²) in [4.78, 5) is 0. The van der Waals surface area contributed by atoms with Gasteiger partial charge in [0.25, 0.3) is 0 Å². The van der Waals surface area contributed by atoms with Crippen LogP contribution in [-0.4, -0.2) is 0 Å². The first-order valence-electron chi connectivity index (χ1n) is 5.80. The average molecular weight is 245 g/mol. The van der Waals surface area contributed by atoms with Crippen LogP contribution in [0.2, 0.25) is 0 Å². The molecule has 0 saturated heterocycles. The minimum Gasteiger partial charge on any atom is -0.489 e. The number of halogens is 1. The zero-order valence-corrected chi connectivity index (χ0v) is 10.5. The highest BCUT2D eigenvalue weighted by molar-refractivity contribution is 5.42. The quantitative estimate of drug-likeness (QED) is 0.838. The fraction of sp³-hybridized carbons (Fsp3) is 0.200. The predicted molar refractivity (Wildman–Crippen MR) is 71.1 cm³/mol. The van der Waals surface area contributed by atoms with Gasteiger partial charge in [0.15, 0.2) is 0 Å². The van der Waals surface area contributed by atoms with Crippen LogP contribution in [0.5, 0.6) is 5.75 Å². The van der Waals surface area contributed by atoms with Gasteiger partial charge in [-0.15, -0.1) is 0 Å². The molecule has 2 rings (SSSR count). The lowest BCUT2D eigenvalue weighted by Gasteiger charge is -2.11. The second-order valence-corrected chi connectivity index (χ2v) is 4.38. The molecule has 2 N–H and O–H groups in total. The first kappa shape index (κ1) is 12.4. The summed E-state index contributed by atoms with van der Waals surface area (Å²) in [5, 5.41) is 0. The summed E-state index contributed by atoms with van der Waals surface area (Å²) in [7, 11) is 0. The van der Waals surface area contributed by atoms with Gasteiger partial charge < -0.3 is 10.5 Å². The SMILES string of the molecule is Cc1cccc(OCc2cc(N)cc(F)c2)c1C. The summed E-state index contributed by atoms with van der Waals surface area (Å²) >= 11 is 0. The lowest BCUT2D eigenvalue weighted by molar-refractivity contribution is 0.303. The molecule has 0 spiro atoms. The standard InChI is InChI=1S/C15H16FNO/c1-10-4-3-5-15(11(10)2)18-9-12-6-13(16)8-14(17)7-12/h3-8H,9,17H2,1-2H3. The highest BCUT2D eigenvalue weighted by Crippen LogP contribution is 2.22. The zero-order chi connectivity index (χ0) is 13.1. The number of rotatable bonds is 3. The van der Waals surface area contributed by atoms with Crippen molar-refractivity contribution in [2.45, 2.75) is 20.5 Å². The van der Waals surface area contributed by atoms with Gasteiger partial charge in [-0.05, 0) is 54.8 Å². The fourth-order valence-electron chi connectivity index (χ4n) is 1.80. The van der Waals surface area contributed by atoms with E-state index >= 15 is 0 Å². The fourth-order valence-corrected chi connectivity index (χ4v) is 1.80. The second kappa shape index (κ2) is 5.08. The van der Waals surface area contributed by atoms with Gasteiger partial charge in [-0.25, -0.2) is 4.39 Å². The van der Waals surface area contributed by atoms with Crippen LogP contribution in [0.1, 0.15) is 16.7 Å². The predicted octanol–water partition coefficient (Wildman–Crippen LogP) is 3.60. The molecule has 2 nitrogen and oxygen atoms in total. The molecule has 0 bridgehead atoms. The third-order valence-corrected chi connectivity index (χ3v) is 2.93. The smallest absolute Gasteiger partial charge is 0.125 e. The molecule has 0 atom stereocenters. The van der Waals surface area contributed by atoms with E-state index in [0.717, 1.165) is 16.9 Å². The van der Waals surface area contributed by atoms with Gasteiger partial charge in [0.1, 0.15) is 18.2 Å². The largest absolute Gasteiger partial charge is 0.489 e. The summed E-state index contributed by atoms with van der Waals surface area (Å²) < 4.78 is 18.9. The molecule has 0 fully saturated rings. The number of benzene rings is 2. The number of hydrogen-bond donors (Lipinski definition) is 1. The van der Waals surface area contributed by atoms with Gasteiger partial charge in [-0.1, -0.05) is 12.1 Å². The molecule has 0 aliphatic carbocycles. The van der Waals surface area contributed by atoms with Crippen molar-refractivity contribution in [3.63, 3.8) is 0 Å². The molecule has 0 aliphatic heterocycles. The summed E-state index contributed by atoms with van der Waals surface area (Å²) in [6, 6.07) is 10.3. The van der Waals surface area contributed by atoms with Crippen molar-refractivity contribution in [2.75, 3.05) is 5.73 Å². The van der Waals surface area contributed by atoms with Gasteiger partial charge in [0, 0.05) is 5.69 Å². The van der Waals surface area contributed by atoms with Gasteiger partial charge in [0.2, 0.25) is 0 Å². The number of ether oxygens (including phenoxy) is 1. The second-order valence-electron chi connectivity index (χ2n) is 4.38. The van der Waals surface area contributed by atoms with Crippen molar-refractivity contribution in [1.82, 2.24) is 0 Å². The van der Waals surface area contributed by atoms with E-state index in [-0.39, 0.29) is 5.82 Å². The van der Waals surface area contributed by atoms with Crippen molar-refractivity contribution in [3.05, 3.63) is 58.9 Å². The first-order valence-corrected chi connectivity index (χ1v) is 5.80. The molecule has 0 aliphatic rings. The Morgan fingerprint density at radius 3 is 2.67 bits per heavy atom. The van der Waals surface area contributed by atoms with Gasteiger partial charge in [-0.3, -0.25) is 0 Å². The Labute approximate surface area is 106 Å². The van der Waals surface area contributed by atoms with E-state index in [1.807, 2.05) is 32.0 Å². The van der Waals surface area contributed by atoms with Gasteiger partial charge in [0.05, 0.1) is 0 Å². The van der Waals surface area contributed by atoms with Crippen LogP contribution < -0.4 is 10.5 Å². The molecular formula is C15H16FNO. The number of anilines is 1. The molecular weight excluding hydrogens is 229 g/mol. The van der Waals surface area contributed by atoms with E-state index in [1.54, 1.807) is 6.07 Å². The van der Waals surface area contributed by atoms with Crippen molar-refractivity contribution in [2.24, 2.45) is 0 Å². The molecule has 0 radical (unpaired) electrons. The van der Waals surface area contributed by atoms with Crippen molar-refractivity contribution in [3.8, 4) is 5.75 Å². The van der Waals surface area contributed by atoms with Crippen molar-refractivity contribution in [1.29, 1.82) is 0 Å². The molecule has 94 valence electrons. The Balaban J connectivity index is 2.14. The summed E-state index contributed by atoms with van der Waals surface area (Å²) in [5.74, 6) is 0.479. The highest BCUT2D eigenvalue weighted by Gasteiger charge is 2.03. The van der Waals surface area contributed by atoms with Crippen LogP contribution in [0.3, 0.4) is 0 Å². The van der Waals surface area contributed by atoms with E-state index in [9.17, 15) is 4.39 Å². The lowest BCUT2D eigenvalue weighted by Crippen LogP contribution is -1.99. The number of nitrogen functional groups attached to an aromatic ring is 1. The highest BCUT2D eigenvalue weighted by atomic mass is 19.1. The van der Waals surface area contributed by atoms with E-state index in [1.165, 1.54) is 17.7 Å². The minimum absolute atomic E-state index is 0.312. The maximum Gasteiger partial charge on any atom is 0.125 e. The summed E-state index contributed by atoms with van der Waals surface area (Å²) in [6.07, 6.45) is 0. The number of aryl methyl sites for hydroxylation is 1.